The highest BCUT2D eigenvalue weighted by molar-refractivity contribution is 5.74. The number of ether oxygens (including phenoxy) is 15. The summed E-state index contributed by atoms with van der Waals surface area (Å²) in [6.07, 6.45) is -15.8. The van der Waals surface area contributed by atoms with Crippen LogP contribution < -0.4 is 0 Å². The number of allylic oxidation sites excluding steroid dienone is 1. The molecule has 0 bridgehead atoms. The largest absolute Gasteiger partial charge is 0.469 e. The Hall–Kier alpha value is -2.09. The number of rotatable bonds is 14. The first kappa shape index (κ1) is 58.1. The molecular formula is C53H82O24. The van der Waals surface area contributed by atoms with E-state index in [0.717, 1.165) is 37.7 Å². The maximum absolute atomic E-state index is 13.8. The second kappa shape index (κ2) is 23.6. The average Bonchev–Trinajstić information content (AvgIpc) is 4.04. The molecule has 1 unspecified atom stereocenters. The maximum atomic E-state index is 13.8. The van der Waals surface area contributed by atoms with Crippen molar-refractivity contribution in [1.82, 2.24) is 0 Å². The Morgan fingerprint density at radius 3 is 1.90 bits per heavy atom. The van der Waals surface area contributed by atoms with Gasteiger partial charge in [-0.25, -0.2) is 0 Å². The third-order valence-corrected chi connectivity index (χ3v) is 18.4. The highest BCUT2D eigenvalue weighted by Crippen LogP contribution is 2.57. The molecule has 10 rings (SSSR count). The molecule has 29 atom stereocenters. The van der Waals surface area contributed by atoms with Gasteiger partial charge in [0.15, 0.2) is 31.5 Å². The number of carbonyl (C=O) groups excluding carboxylic acids is 1. The fraction of sp³-hybridized carbons (Fsp3) is 0.906. The van der Waals surface area contributed by atoms with Gasteiger partial charge in [-0.1, -0.05) is 18.6 Å². The van der Waals surface area contributed by atoms with E-state index in [1.54, 1.807) is 21.0 Å². The summed E-state index contributed by atoms with van der Waals surface area (Å²) in [4.78, 5) is 13.8. The van der Waals surface area contributed by atoms with Crippen LogP contribution in [-0.2, 0) is 75.8 Å². The third kappa shape index (κ3) is 11.3. The minimum absolute atomic E-state index is 0.0680. The predicted molar refractivity (Wildman–Crippen MR) is 258 cm³/mol. The lowest BCUT2D eigenvalue weighted by atomic mass is 9.55. The average molecular weight is 1100 g/mol. The van der Waals surface area contributed by atoms with Gasteiger partial charge in [0.2, 0.25) is 5.79 Å². The molecule has 438 valence electrons. The summed E-state index contributed by atoms with van der Waals surface area (Å²) in [5, 5.41) is 84.6. The highest BCUT2D eigenvalue weighted by atomic mass is 16.8. The van der Waals surface area contributed by atoms with Crippen molar-refractivity contribution in [3.8, 4) is 0 Å². The smallest absolute Gasteiger partial charge is 0.309 e. The van der Waals surface area contributed by atoms with E-state index in [2.05, 4.69) is 13.0 Å². The van der Waals surface area contributed by atoms with Gasteiger partial charge < -0.3 is 112 Å². The minimum atomic E-state index is -1.81. The molecule has 2 aliphatic carbocycles. The van der Waals surface area contributed by atoms with E-state index < -0.39 is 154 Å². The van der Waals surface area contributed by atoms with Crippen molar-refractivity contribution in [3.63, 3.8) is 0 Å². The third-order valence-electron chi connectivity index (χ3n) is 18.4. The second-order valence-electron chi connectivity index (χ2n) is 23.2. The summed E-state index contributed by atoms with van der Waals surface area (Å²) < 4.78 is 91.7. The van der Waals surface area contributed by atoms with Gasteiger partial charge >= 0.3 is 5.97 Å². The predicted octanol–water partition coefficient (Wildman–Crippen LogP) is -0.318. The molecule has 8 fully saturated rings. The molecule has 8 N–H and O–H groups in total. The molecule has 0 radical (unpaired) electrons. The van der Waals surface area contributed by atoms with Crippen LogP contribution in [-0.4, -0.2) is 234 Å². The summed E-state index contributed by atoms with van der Waals surface area (Å²) in [6, 6.07) is 0. The standard InChI is InChI=1S/C53H82O24/c1-22-45(74-38-17-32(64-7)47(24(3)69-38)76-51-44(61)42(59)48(34(19-55)73-51)77-50-43(60)41(58)40(57)33(18-54)72-50)30(56)15-36(67-22)75-46-23(2)68-37(16-31(46)63-6)70-27-12-13-52(4)26(14-27)9-10-28-29(52)11-8-25-20-65-53(5)39(25)35(21-66-53)71-49(28)62/h9,20,22-24,27-48,50-51,54-61H,8,10-19,21H2,1-7H3/t22-,23-,24+,27+,28-,29+,30+,31-,32-,33-,34-,35?,36+,37-,38+,39-,40-,41+,42-,43-,44-,45-,46-,47+,48-,50+,51+,52+,53+/m1/s1. The lowest BCUT2D eigenvalue weighted by Gasteiger charge is -2.51. The first-order valence-corrected chi connectivity index (χ1v) is 27.6. The molecule has 1 saturated carbocycles. The van der Waals surface area contributed by atoms with Gasteiger partial charge in [-0.2, -0.15) is 0 Å². The molecule has 10 aliphatic rings. The van der Waals surface area contributed by atoms with Gasteiger partial charge in [0.25, 0.3) is 0 Å². The van der Waals surface area contributed by atoms with Crippen LogP contribution in [0.15, 0.2) is 23.5 Å². The first-order chi connectivity index (χ1) is 36.8. The minimum Gasteiger partial charge on any atom is -0.469 e. The second-order valence-corrected chi connectivity index (χ2v) is 23.2. The van der Waals surface area contributed by atoms with Crippen molar-refractivity contribution in [2.45, 2.75) is 246 Å². The summed E-state index contributed by atoms with van der Waals surface area (Å²) in [5.74, 6) is -1.12. The van der Waals surface area contributed by atoms with E-state index in [4.69, 9.17) is 71.1 Å². The van der Waals surface area contributed by atoms with Gasteiger partial charge in [-0.3, -0.25) is 4.79 Å². The number of carbonyl (C=O) groups is 1. The maximum Gasteiger partial charge on any atom is 0.309 e. The van der Waals surface area contributed by atoms with E-state index in [0.29, 0.717) is 19.4 Å². The van der Waals surface area contributed by atoms with Crippen LogP contribution >= 0.6 is 0 Å². The summed E-state index contributed by atoms with van der Waals surface area (Å²) in [5.41, 5.74) is 2.30. The quantitative estimate of drug-likeness (QED) is 0.0817. The van der Waals surface area contributed by atoms with Gasteiger partial charge in [0.05, 0.1) is 80.6 Å². The van der Waals surface area contributed by atoms with E-state index >= 15 is 0 Å². The fourth-order valence-corrected chi connectivity index (χ4v) is 14.0. The normalized spacial score (nSPS) is 52.1. The molecule has 0 aromatic rings. The number of esters is 1. The number of hydrogen-bond acceptors (Lipinski definition) is 24. The summed E-state index contributed by atoms with van der Waals surface area (Å²) in [6.45, 7) is 8.47. The van der Waals surface area contributed by atoms with E-state index in [1.807, 2.05) is 20.1 Å². The topological polar surface area (TPSA) is 317 Å². The van der Waals surface area contributed by atoms with Gasteiger partial charge in [0, 0.05) is 40.4 Å². The summed E-state index contributed by atoms with van der Waals surface area (Å²) in [7, 11) is 3.08. The van der Waals surface area contributed by atoms with Gasteiger partial charge in [-0.05, 0) is 76.2 Å². The van der Waals surface area contributed by atoms with Gasteiger partial charge in [0.1, 0.15) is 73.2 Å². The molecule has 7 saturated heterocycles. The van der Waals surface area contributed by atoms with Crippen molar-refractivity contribution >= 4 is 5.97 Å². The molecular weight excluding hydrogens is 1020 g/mol. The first-order valence-electron chi connectivity index (χ1n) is 27.6. The molecule has 24 heteroatoms. The Labute approximate surface area is 447 Å². The molecule has 0 amide bonds. The monoisotopic (exact) mass is 1100 g/mol. The highest BCUT2D eigenvalue weighted by Gasteiger charge is 2.59. The zero-order valence-electron chi connectivity index (χ0n) is 44.8. The van der Waals surface area contributed by atoms with Crippen molar-refractivity contribution in [3.05, 3.63) is 23.5 Å². The number of hydrogen-bond donors (Lipinski definition) is 8. The Morgan fingerprint density at radius 1 is 0.662 bits per heavy atom. The lowest BCUT2D eigenvalue weighted by Crippen LogP contribution is -2.65. The van der Waals surface area contributed by atoms with Crippen LogP contribution in [0.2, 0.25) is 0 Å². The van der Waals surface area contributed by atoms with Crippen molar-refractivity contribution in [2.75, 3.05) is 34.0 Å². The Kier molecular flexibility index (Phi) is 17.8. The van der Waals surface area contributed by atoms with Gasteiger partial charge in [-0.15, -0.1) is 0 Å². The molecule has 0 aromatic heterocycles. The van der Waals surface area contributed by atoms with Crippen LogP contribution in [0.5, 0.6) is 0 Å². The van der Waals surface area contributed by atoms with Crippen molar-refractivity contribution < 1.29 is 117 Å². The van der Waals surface area contributed by atoms with E-state index in [1.165, 1.54) is 12.7 Å². The number of methoxy groups -OCH3 is 2. The zero-order valence-corrected chi connectivity index (χ0v) is 44.8. The number of aliphatic hydroxyl groups is 8. The molecule has 8 aliphatic heterocycles. The van der Waals surface area contributed by atoms with Crippen molar-refractivity contribution in [2.24, 2.45) is 23.2 Å². The van der Waals surface area contributed by atoms with Crippen LogP contribution in [0.25, 0.3) is 0 Å². The number of fused-ring (bicyclic) bond motifs is 3. The molecule has 0 aromatic carbocycles. The SMILES string of the molecule is CO[C@@H]1C[C@@H](O[C@H]2CC[C@@]3(C)C(=CC[C@H]4C(=O)OC5CO[C@]6(C)OC=C(CC[C@@H]43)[C@H]56)C2)O[C@H](C)[C@H]1O[C@H]1C[C@H](O)[C@H](O[C@H]2C[C@@H](OC)[C@@H](O[C@@H]3O[C@H](CO)[C@@H](O[C@@H]4O[C@H](CO)[C@@H](O)[C@H](O)[C@H]4O)[C@H](O)[C@H]3O)[C@H](C)O2)[C@@H](C)O1. The zero-order chi connectivity index (χ0) is 54.8. The Morgan fingerprint density at radius 2 is 1.25 bits per heavy atom. The molecule has 0 spiro atoms. The molecule has 24 nitrogen and oxygen atoms in total. The molecule has 8 heterocycles. The van der Waals surface area contributed by atoms with Crippen LogP contribution in [0.4, 0.5) is 0 Å². The van der Waals surface area contributed by atoms with Crippen LogP contribution in [0.1, 0.15) is 92.4 Å². The molecule has 77 heavy (non-hydrogen) atoms. The Bertz CT molecular complexity index is 2070. The Balaban J connectivity index is 0.690. The summed E-state index contributed by atoms with van der Waals surface area (Å²) >= 11 is 0. The van der Waals surface area contributed by atoms with Crippen LogP contribution in [0.3, 0.4) is 0 Å². The lowest BCUT2D eigenvalue weighted by molar-refractivity contribution is -0.376. The van der Waals surface area contributed by atoms with E-state index in [-0.39, 0.29) is 54.2 Å². The number of aliphatic hydroxyl groups excluding tert-OH is 8. The fourth-order valence-electron chi connectivity index (χ4n) is 14.0. The van der Waals surface area contributed by atoms with Crippen molar-refractivity contribution in [1.29, 1.82) is 0 Å². The van der Waals surface area contributed by atoms with E-state index in [9.17, 15) is 45.6 Å². The van der Waals surface area contributed by atoms with Crippen LogP contribution in [0, 0.1) is 23.2 Å².